The first kappa shape index (κ1) is 11.8. The Hall–Kier alpha value is -0.680. The molecular formula is C11H19N3OS. The van der Waals surface area contributed by atoms with Gasteiger partial charge in [-0.3, -0.25) is 0 Å². The molecule has 0 amide bonds. The lowest BCUT2D eigenvalue weighted by Gasteiger charge is -2.33. The normalized spacial score (nSPS) is 19.6. The van der Waals surface area contributed by atoms with Crippen LogP contribution in [0.25, 0.3) is 0 Å². The van der Waals surface area contributed by atoms with Crippen LogP contribution in [0.1, 0.15) is 32.5 Å². The highest BCUT2D eigenvalue weighted by atomic mass is 32.1. The van der Waals surface area contributed by atoms with Crippen molar-refractivity contribution in [2.75, 3.05) is 25.1 Å². The lowest BCUT2D eigenvalue weighted by Crippen LogP contribution is -2.33. The van der Waals surface area contributed by atoms with Gasteiger partial charge in [0, 0.05) is 37.7 Å². The molecule has 1 N–H and O–H groups in total. The topological polar surface area (TPSA) is 47.0 Å². The number of nitrogens with one attached hydrogen (secondary N) is 1. The Balaban J connectivity index is 1.86. The van der Waals surface area contributed by atoms with Crippen LogP contribution in [-0.4, -0.2) is 29.1 Å². The highest BCUT2D eigenvalue weighted by Crippen LogP contribution is 2.30. The smallest absolute Gasteiger partial charge is 0.202 e. The average Bonchev–Trinajstić information content (AvgIpc) is 2.75. The fourth-order valence-electron chi connectivity index (χ4n) is 1.80. The molecular weight excluding hydrogens is 222 g/mol. The molecule has 0 aliphatic carbocycles. The molecule has 1 aromatic heterocycles. The zero-order valence-corrected chi connectivity index (χ0v) is 10.8. The number of hydrogen-bond donors (Lipinski definition) is 1. The minimum Gasteiger partial charge on any atom is -0.381 e. The molecule has 1 aliphatic heterocycles. The van der Waals surface area contributed by atoms with Crippen molar-refractivity contribution in [1.82, 2.24) is 9.36 Å². The van der Waals surface area contributed by atoms with Gasteiger partial charge in [-0.15, -0.1) is 0 Å². The minimum absolute atomic E-state index is 0.344. The molecule has 1 aromatic rings. The summed E-state index contributed by atoms with van der Waals surface area (Å²) in [6, 6.07) is 0. The maximum atomic E-state index is 5.39. The fourth-order valence-corrected chi connectivity index (χ4v) is 2.44. The molecule has 0 bridgehead atoms. The quantitative estimate of drug-likeness (QED) is 0.879. The van der Waals surface area contributed by atoms with Gasteiger partial charge in [-0.05, 0) is 18.3 Å². The van der Waals surface area contributed by atoms with E-state index >= 15 is 0 Å². The second kappa shape index (κ2) is 5.10. The maximum Gasteiger partial charge on any atom is 0.202 e. The Morgan fingerprint density at radius 1 is 1.44 bits per heavy atom. The van der Waals surface area contributed by atoms with Gasteiger partial charge in [0.05, 0.1) is 0 Å². The molecule has 1 saturated heterocycles. The van der Waals surface area contributed by atoms with E-state index in [1.54, 1.807) is 0 Å². The average molecular weight is 241 g/mol. The first-order valence-electron chi connectivity index (χ1n) is 5.86. The molecule has 1 fully saturated rings. The second-order valence-corrected chi connectivity index (χ2v) is 5.40. The molecule has 0 unspecified atom stereocenters. The van der Waals surface area contributed by atoms with Crippen molar-refractivity contribution in [3.63, 3.8) is 0 Å². The van der Waals surface area contributed by atoms with Gasteiger partial charge >= 0.3 is 0 Å². The highest BCUT2D eigenvalue weighted by Gasteiger charge is 2.27. The van der Waals surface area contributed by atoms with Crippen LogP contribution in [-0.2, 0) is 11.2 Å². The van der Waals surface area contributed by atoms with E-state index in [-0.39, 0.29) is 0 Å². The third-order valence-electron chi connectivity index (χ3n) is 3.15. The molecule has 5 heteroatoms. The van der Waals surface area contributed by atoms with Gasteiger partial charge in [0.2, 0.25) is 5.13 Å². The summed E-state index contributed by atoms with van der Waals surface area (Å²) in [4.78, 5) is 4.41. The number of aryl methyl sites for hydroxylation is 1. The Morgan fingerprint density at radius 2 is 2.19 bits per heavy atom. The molecule has 0 saturated carbocycles. The summed E-state index contributed by atoms with van der Waals surface area (Å²) in [5.74, 6) is 0.935. The van der Waals surface area contributed by atoms with E-state index in [1.807, 2.05) is 0 Å². The van der Waals surface area contributed by atoms with E-state index in [9.17, 15) is 0 Å². The van der Waals surface area contributed by atoms with Crippen molar-refractivity contribution in [3.8, 4) is 0 Å². The predicted octanol–water partition coefficient (Wildman–Crippen LogP) is 2.33. The van der Waals surface area contributed by atoms with Gasteiger partial charge < -0.3 is 10.1 Å². The summed E-state index contributed by atoms with van der Waals surface area (Å²) in [6.07, 6.45) is 3.15. The molecule has 4 nitrogen and oxygen atoms in total. The predicted molar refractivity (Wildman–Crippen MR) is 65.9 cm³/mol. The van der Waals surface area contributed by atoms with E-state index in [1.165, 1.54) is 11.5 Å². The summed E-state index contributed by atoms with van der Waals surface area (Å²) in [7, 11) is 0. The van der Waals surface area contributed by atoms with Crippen LogP contribution in [0.3, 0.4) is 0 Å². The number of hydrogen-bond acceptors (Lipinski definition) is 5. The van der Waals surface area contributed by atoms with Crippen molar-refractivity contribution in [2.45, 2.75) is 33.1 Å². The molecule has 2 rings (SSSR count). The zero-order valence-electron chi connectivity index (χ0n) is 9.95. The Bertz CT molecular complexity index is 334. The van der Waals surface area contributed by atoms with Crippen molar-refractivity contribution >= 4 is 16.7 Å². The molecule has 0 radical (unpaired) electrons. The molecule has 0 aromatic carbocycles. The van der Waals surface area contributed by atoms with Gasteiger partial charge in [-0.2, -0.15) is 4.37 Å². The van der Waals surface area contributed by atoms with Crippen molar-refractivity contribution < 1.29 is 4.74 Å². The van der Waals surface area contributed by atoms with Crippen LogP contribution in [0.5, 0.6) is 0 Å². The third-order valence-corrected chi connectivity index (χ3v) is 3.86. The van der Waals surface area contributed by atoms with Gasteiger partial charge in [0.25, 0.3) is 0 Å². The number of ether oxygens (including phenoxy) is 1. The summed E-state index contributed by atoms with van der Waals surface area (Å²) < 4.78 is 9.65. The van der Waals surface area contributed by atoms with E-state index in [2.05, 4.69) is 28.5 Å². The molecule has 0 atom stereocenters. The lowest BCUT2D eigenvalue weighted by molar-refractivity contribution is 0.0300. The van der Waals surface area contributed by atoms with Crippen LogP contribution in [0, 0.1) is 5.41 Å². The number of rotatable bonds is 4. The van der Waals surface area contributed by atoms with Crippen LogP contribution in [0.4, 0.5) is 5.13 Å². The molecule has 1 aliphatic rings. The SMILES string of the molecule is CCc1nsc(NCC2(C)CCOCC2)n1. The van der Waals surface area contributed by atoms with Gasteiger partial charge in [-0.25, -0.2) is 4.98 Å². The standard InChI is InChI=1S/C11H19N3OS/c1-3-9-13-10(16-14-9)12-8-11(2)4-6-15-7-5-11/h3-8H2,1-2H3,(H,12,13,14). The largest absolute Gasteiger partial charge is 0.381 e. The van der Waals surface area contributed by atoms with Crippen molar-refractivity contribution in [1.29, 1.82) is 0 Å². The first-order valence-corrected chi connectivity index (χ1v) is 6.63. The summed E-state index contributed by atoms with van der Waals surface area (Å²) in [5, 5.41) is 4.35. The molecule has 2 heterocycles. The van der Waals surface area contributed by atoms with E-state index in [0.29, 0.717) is 5.41 Å². The summed E-state index contributed by atoms with van der Waals surface area (Å²) in [5.41, 5.74) is 0.344. The molecule has 90 valence electrons. The first-order chi connectivity index (χ1) is 7.72. The number of nitrogens with zero attached hydrogens (tertiary/aromatic N) is 2. The fraction of sp³-hybridized carbons (Fsp3) is 0.818. The molecule has 16 heavy (non-hydrogen) atoms. The summed E-state index contributed by atoms with van der Waals surface area (Å²) >= 11 is 1.46. The van der Waals surface area contributed by atoms with Crippen molar-refractivity contribution in [2.24, 2.45) is 5.41 Å². The van der Waals surface area contributed by atoms with Crippen molar-refractivity contribution in [3.05, 3.63) is 5.82 Å². The second-order valence-electron chi connectivity index (χ2n) is 4.65. The Labute approximate surface area is 101 Å². The van der Waals surface area contributed by atoms with Gasteiger partial charge in [0.1, 0.15) is 5.82 Å². The number of aromatic nitrogens is 2. The minimum atomic E-state index is 0.344. The van der Waals surface area contributed by atoms with Crippen LogP contribution >= 0.6 is 11.5 Å². The molecule has 0 spiro atoms. The van der Waals surface area contributed by atoms with Crippen LogP contribution in [0.2, 0.25) is 0 Å². The lowest BCUT2D eigenvalue weighted by atomic mass is 9.82. The van der Waals surface area contributed by atoms with E-state index in [4.69, 9.17) is 4.74 Å². The van der Waals surface area contributed by atoms with E-state index < -0.39 is 0 Å². The van der Waals surface area contributed by atoms with E-state index in [0.717, 1.165) is 50.0 Å². The zero-order chi connectivity index (χ0) is 11.4. The third kappa shape index (κ3) is 2.92. The monoisotopic (exact) mass is 241 g/mol. The summed E-state index contributed by atoms with van der Waals surface area (Å²) in [6.45, 7) is 7.12. The Kier molecular flexibility index (Phi) is 3.76. The van der Waals surface area contributed by atoms with Crippen LogP contribution < -0.4 is 5.32 Å². The number of anilines is 1. The highest BCUT2D eigenvalue weighted by molar-refractivity contribution is 7.09. The van der Waals surface area contributed by atoms with Crippen LogP contribution in [0.15, 0.2) is 0 Å². The Morgan fingerprint density at radius 3 is 2.81 bits per heavy atom. The van der Waals surface area contributed by atoms with Gasteiger partial charge in [0.15, 0.2) is 0 Å². The van der Waals surface area contributed by atoms with Gasteiger partial charge in [-0.1, -0.05) is 13.8 Å². The maximum absolute atomic E-state index is 5.39.